The van der Waals surface area contributed by atoms with Crippen molar-refractivity contribution in [1.29, 1.82) is 0 Å². The van der Waals surface area contributed by atoms with Crippen LogP contribution in [-0.2, 0) is 4.74 Å². The molecule has 14 heavy (non-hydrogen) atoms. The number of halogens is 1. The zero-order chi connectivity index (χ0) is 10.6. The van der Waals surface area contributed by atoms with Gasteiger partial charge in [0.1, 0.15) is 11.6 Å². The van der Waals surface area contributed by atoms with Crippen molar-refractivity contribution < 1.29 is 13.9 Å². The number of hydrogen-bond donors (Lipinski definition) is 0. The Bertz CT molecular complexity index is 269. The number of benzene rings is 1. The minimum absolute atomic E-state index is 0.116. The second kappa shape index (κ2) is 4.96. The van der Waals surface area contributed by atoms with Crippen LogP contribution in [0.4, 0.5) is 4.39 Å². The average molecular weight is 198 g/mol. The van der Waals surface area contributed by atoms with E-state index < -0.39 is 0 Å². The van der Waals surface area contributed by atoms with Crippen LogP contribution in [0, 0.1) is 5.82 Å². The third-order valence-corrected chi connectivity index (χ3v) is 1.58. The van der Waals surface area contributed by atoms with Crippen LogP contribution in [-0.4, -0.2) is 12.4 Å². The average Bonchev–Trinajstić information content (AvgIpc) is 2.07. The van der Waals surface area contributed by atoms with E-state index in [1.165, 1.54) is 12.1 Å². The van der Waals surface area contributed by atoms with Gasteiger partial charge in [-0.3, -0.25) is 0 Å². The van der Waals surface area contributed by atoms with E-state index in [2.05, 4.69) is 0 Å². The van der Waals surface area contributed by atoms with Gasteiger partial charge in [-0.2, -0.15) is 0 Å². The molecule has 0 saturated heterocycles. The van der Waals surface area contributed by atoms with Crippen LogP contribution in [0.2, 0.25) is 0 Å². The molecule has 0 bridgehead atoms. The summed E-state index contributed by atoms with van der Waals surface area (Å²) in [5.41, 5.74) is 0. The highest BCUT2D eigenvalue weighted by molar-refractivity contribution is 5.22. The number of hydrogen-bond acceptors (Lipinski definition) is 2. The highest BCUT2D eigenvalue weighted by atomic mass is 19.1. The SMILES string of the molecule is CC(C)OC(C)Oc1ccc(F)cc1. The van der Waals surface area contributed by atoms with Gasteiger partial charge in [-0.1, -0.05) is 0 Å². The molecular weight excluding hydrogens is 183 g/mol. The van der Waals surface area contributed by atoms with Gasteiger partial charge < -0.3 is 9.47 Å². The second-order valence-corrected chi connectivity index (χ2v) is 3.32. The lowest BCUT2D eigenvalue weighted by molar-refractivity contribution is -0.0950. The molecule has 2 nitrogen and oxygen atoms in total. The lowest BCUT2D eigenvalue weighted by Gasteiger charge is -2.17. The van der Waals surface area contributed by atoms with E-state index in [9.17, 15) is 4.39 Å². The summed E-state index contributed by atoms with van der Waals surface area (Å²) in [7, 11) is 0. The third-order valence-electron chi connectivity index (χ3n) is 1.58. The van der Waals surface area contributed by atoms with Crippen LogP contribution in [0.3, 0.4) is 0 Å². The molecule has 0 radical (unpaired) electrons. The van der Waals surface area contributed by atoms with Crippen molar-refractivity contribution in [2.45, 2.75) is 33.2 Å². The molecule has 0 aliphatic heterocycles. The summed E-state index contributed by atoms with van der Waals surface area (Å²) < 4.78 is 23.3. The van der Waals surface area contributed by atoms with E-state index in [1.54, 1.807) is 12.1 Å². The minimum atomic E-state index is -0.319. The molecule has 0 aromatic heterocycles. The molecule has 0 heterocycles. The van der Waals surface area contributed by atoms with Crippen molar-refractivity contribution in [3.63, 3.8) is 0 Å². The Morgan fingerprint density at radius 1 is 1.07 bits per heavy atom. The summed E-state index contributed by atoms with van der Waals surface area (Å²) in [6.45, 7) is 5.68. The van der Waals surface area contributed by atoms with Crippen molar-refractivity contribution in [2.24, 2.45) is 0 Å². The lowest BCUT2D eigenvalue weighted by atomic mass is 10.3. The summed E-state index contributed by atoms with van der Waals surface area (Å²) in [5, 5.41) is 0. The molecule has 1 rings (SSSR count). The largest absolute Gasteiger partial charge is 0.465 e. The second-order valence-electron chi connectivity index (χ2n) is 3.32. The first kappa shape index (κ1) is 11.0. The van der Waals surface area contributed by atoms with Crippen LogP contribution in [0.5, 0.6) is 5.75 Å². The Labute approximate surface area is 83.6 Å². The van der Waals surface area contributed by atoms with Crippen LogP contribution in [0.25, 0.3) is 0 Å². The molecular formula is C11H15FO2. The number of ether oxygens (including phenoxy) is 2. The first-order valence-electron chi connectivity index (χ1n) is 4.65. The van der Waals surface area contributed by atoms with Crippen LogP contribution in [0.1, 0.15) is 20.8 Å². The Kier molecular flexibility index (Phi) is 3.89. The molecule has 0 spiro atoms. The first-order valence-corrected chi connectivity index (χ1v) is 4.65. The highest BCUT2D eigenvalue weighted by Gasteiger charge is 2.05. The molecule has 0 aliphatic carbocycles. The van der Waals surface area contributed by atoms with E-state index in [1.807, 2.05) is 20.8 Å². The van der Waals surface area contributed by atoms with E-state index >= 15 is 0 Å². The monoisotopic (exact) mass is 198 g/mol. The van der Waals surface area contributed by atoms with Gasteiger partial charge >= 0.3 is 0 Å². The smallest absolute Gasteiger partial charge is 0.197 e. The maximum absolute atomic E-state index is 12.5. The summed E-state index contributed by atoms with van der Waals surface area (Å²) in [5.74, 6) is 0.342. The zero-order valence-electron chi connectivity index (χ0n) is 8.66. The minimum Gasteiger partial charge on any atom is -0.465 e. The van der Waals surface area contributed by atoms with Gasteiger partial charge in [0.15, 0.2) is 6.29 Å². The van der Waals surface area contributed by atoms with E-state index in [0.29, 0.717) is 5.75 Å². The van der Waals surface area contributed by atoms with E-state index in [4.69, 9.17) is 9.47 Å². The first-order chi connectivity index (χ1) is 6.58. The van der Waals surface area contributed by atoms with E-state index in [-0.39, 0.29) is 18.2 Å². The number of rotatable bonds is 4. The van der Waals surface area contributed by atoms with Crippen molar-refractivity contribution in [3.05, 3.63) is 30.1 Å². The molecule has 1 aromatic rings. The predicted octanol–water partition coefficient (Wildman–Crippen LogP) is 2.98. The zero-order valence-corrected chi connectivity index (χ0v) is 8.66. The van der Waals surface area contributed by atoms with Crippen molar-refractivity contribution >= 4 is 0 Å². The fourth-order valence-corrected chi connectivity index (χ4v) is 1.12. The molecule has 1 unspecified atom stereocenters. The molecule has 0 fully saturated rings. The molecule has 1 aromatic carbocycles. The molecule has 0 aliphatic rings. The third kappa shape index (κ3) is 3.75. The molecule has 0 saturated carbocycles. The maximum Gasteiger partial charge on any atom is 0.197 e. The van der Waals surface area contributed by atoms with Gasteiger partial charge in [-0.25, -0.2) is 4.39 Å². The van der Waals surface area contributed by atoms with Gasteiger partial charge in [0, 0.05) is 0 Å². The molecule has 1 atom stereocenters. The van der Waals surface area contributed by atoms with Crippen LogP contribution < -0.4 is 4.74 Å². The summed E-state index contributed by atoms with van der Waals surface area (Å²) in [4.78, 5) is 0. The van der Waals surface area contributed by atoms with Gasteiger partial charge in [0.2, 0.25) is 0 Å². The molecule has 78 valence electrons. The Morgan fingerprint density at radius 3 is 2.14 bits per heavy atom. The summed E-state index contributed by atoms with van der Waals surface area (Å²) >= 11 is 0. The molecule has 3 heteroatoms. The molecule has 0 N–H and O–H groups in total. The standard InChI is InChI=1S/C11H15FO2/c1-8(2)13-9(3)14-11-6-4-10(12)5-7-11/h4-9H,1-3H3. The summed E-state index contributed by atoms with van der Waals surface area (Å²) in [6.07, 6.45) is -0.203. The fraction of sp³-hybridized carbons (Fsp3) is 0.455. The Morgan fingerprint density at radius 2 is 1.64 bits per heavy atom. The fourth-order valence-electron chi connectivity index (χ4n) is 1.12. The van der Waals surface area contributed by atoms with Gasteiger partial charge in [0.05, 0.1) is 6.10 Å². The van der Waals surface area contributed by atoms with Crippen molar-refractivity contribution in [2.75, 3.05) is 0 Å². The van der Waals surface area contributed by atoms with Gasteiger partial charge in [-0.05, 0) is 45.0 Å². The predicted molar refractivity (Wildman–Crippen MR) is 52.7 cm³/mol. The summed E-state index contributed by atoms with van der Waals surface area (Å²) in [6, 6.07) is 5.87. The highest BCUT2D eigenvalue weighted by Crippen LogP contribution is 2.13. The van der Waals surface area contributed by atoms with Crippen LogP contribution in [0.15, 0.2) is 24.3 Å². The molecule has 0 amide bonds. The van der Waals surface area contributed by atoms with Crippen molar-refractivity contribution in [1.82, 2.24) is 0 Å². The Balaban J connectivity index is 2.47. The topological polar surface area (TPSA) is 18.5 Å². The lowest BCUT2D eigenvalue weighted by Crippen LogP contribution is -2.20. The van der Waals surface area contributed by atoms with Crippen molar-refractivity contribution in [3.8, 4) is 5.75 Å². The maximum atomic E-state index is 12.5. The van der Waals surface area contributed by atoms with Gasteiger partial charge in [0.25, 0.3) is 0 Å². The van der Waals surface area contributed by atoms with Gasteiger partial charge in [-0.15, -0.1) is 0 Å². The Hall–Kier alpha value is -1.09. The van der Waals surface area contributed by atoms with E-state index in [0.717, 1.165) is 0 Å². The quantitative estimate of drug-likeness (QED) is 0.692. The van der Waals surface area contributed by atoms with Crippen LogP contribution >= 0.6 is 0 Å². The normalized spacial score (nSPS) is 12.9.